The van der Waals surface area contributed by atoms with Gasteiger partial charge in [-0.25, -0.2) is 0 Å². The van der Waals surface area contributed by atoms with Gasteiger partial charge in [-0.15, -0.1) is 0 Å². The van der Waals surface area contributed by atoms with Crippen LogP contribution < -0.4 is 0 Å². The van der Waals surface area contributed by atoms with Crippen molar-refractivity contribution in [2.24, 2.45) is 0 Å². The van der Waals surface area contributed by atoms with Gasteiger partial charge in [-0.3, -0.25) is 4.98 Å². The van der Waals surface area contributed by atoms with E-state index in [-0.39, 0.29) is 0 Å². The summed E-state index contributed by atoms with van der Waals surface area (Å²) in [6.07, 6.45) is 1.29. The normalized spacial score (nSPS) is 13.1. The van der Waals surface area contributed by atoms with Crippen LogP contribution in [0.25, 0.3) is 0 Å². The highest BCUT2D eigenvalue weighted by molar-refractivity contribution is 5.14. The molecule has 1 N–H and O–H groups in total. The highest BCUT2D eigenvalue weighted by Crippen LogP contribution is 2.09. The number of rotatable bonds is 1. The van der Waals surface area contributed by atoms with Gasteiger partial charge in [0.25, 0.3) is 0 Å². The second kappa shape index (κ2) is 2.80. The SMILES string of the molecule is Cc1ccc([C@H](C)O)cn1. The number of pyridine rings is 1. The maximum absolute atomic E-state index is 9.07. The van der Waals surface area contributed by atoms with Crippen LogP contribution in [-0.4, -0.2) is 10.1 Å². The summed E-state index contributed by atoms with van der Waals surface area (Å²) in [6.45, 7) is 3.65. The van der Waals surface area contributed by atoms with Crippen LogP contribution in [0.15, 0.2) is 18.3 Å². The number of aliphatic hydroxyl groups is 1. The fourth-order valence-electron chi connectivity index (χ4n) is 0.726. The molecule has 0 aliphatic heterocycles. The van der Waals surface area contributed by atoms with E-state index in [0.717, 1.165) is 11.3 Å². The summed E-state index contributed by atoms with van der Waals surface area (Å²) in [7, 11) is 0. The lowest BCUT2D eigenvalue weighted by Crippen LogP contribution is -1.91. The van der Waals surface area contributed by atoms with Crippen molar-refractivity contribution in [1.29, 1.82) is 0 Å². The van der Waals surface area contributed by atoms with Crippen LogP contribution >= 0.6 is 0 Å². The summed E-state index contributed by atoms with van der Waals surface area (Å²) in [4.78, 5) is 4.04. The molecule has 0 fully saturated rings. The maximum atomic E-state index is 9.07. The number of aliphatic hydroxyl groups excluding tert-OH is 1. The molecule has 1 aromatic heterocycles. The molecule has 1 aromatic rings. The maximum Gasteiger partial charge on any atom is 0.0776 e. The molecule has 0 aromatic carbocycles. The van der Waals surface area contributed by atoms with E-state index in [1.54, 1.807) is 13.1 Å². The smallest absolute Gasteiger partial charge is 0.0776 e. The summed E-state index contributed by atoms with van der Waals surface area (Å²) < 4.78 is 0. The zero-order valence-electron chi connectivity index (χ0n) is 6.20. The predicted molar refractivity (Wildman–Crippen MR) is 39.6 cm³/mol. The van der Waals surface area contributed by atoms with E-state index in [1.165, 1.54) is 0 Å². The van der Waals surface area contributed by atoms with Crippen LogP contribution in [-0.2, 0) is 0 Å². The zero-order chi connectivity index (χ0) is 7.56. The highest BCUT2D eigenvalue weighted by atomic mass is 16.3. The number of hydrogen-bond donors (Lipinski definition) is 1. The van der Waals surface area contributed by atoms with Gasteiger partial charge in [0.1, 0.15) is 0 Å². The Kier molecular flexibility index (Phi) is 2.02. The fraction of sp³-hybridized carbons (Fsp3) is 0.375. The van der Waals surface area contributed by atoms with Gasteiger partial charge in [0.2, 0.25) is 0 Å². The van der Waals surface area contributed by atoms with Crippen LogP contribution in [0, 0.1) is 6.92 Å². The molecule has 1 rings (SSSR count). The third kappa shape index (κ3) is 1.54. The molecular weight excluding hydrogens is 126 g/mol. The third-order valence-corrected chi connectivity index (χ3v) is 1.42. The number of nitrogens with zero attached hydrogens (tertiary/aromatic N) is 1. The molecule has 2 heteroatoms. The van der Waals surface area contributed by atoms with Gasteiger partial charge in [0.15, 0.2) is 0 Å². The molecule has 10 heavy (non-hydrogen) atoms. The molecule has 2 nitrogen and oxygen atoms in total. The molecule has 1 atom stereocenters. The monoisotopic (exact) mass is 137 g/mol. The lowest BCUT2D eigenvalue weighted by atomic mass is 10.2. The summed E-state index contributed by atoms with van der Waals surface area (Å²) >= 11 is 0. The van der Waals surface area contributed by atoms with E-state index in [1.807, 2.05) is 19.1 Å². The average molecular weight is 137 g/mol. The largest absolute Gasteiger partial charge is 0.389 e. The Hall–Kier alpha value is -0.890. The molecular formula is C8H11NO. The highest BCUT2D eigenvalue weighted by Gasteiger charge is 1.98. The average Bonchev–Trinajstić information content (AvgIpc) is 1.88. The molecule has 0 saturated carbocycles. The van der Waals surface area contributed by atoms with Crippen LogP contribution in [0.5, 0.6) is 0 Å². The van der Waals surface area contributed by atoms with Crippen molar-refractivity contribution < 1.29 is 5.11 Å². The Morgan fingerprint density at radius 1 is 1.50 bits per heavy atom. The predicted octanol–water partition coefficient (Wildman–Crippen LogP) is 1.44. The number of aromatic nitrogens is 1. The molecule has 0 aliphatic rings. The van der Waals surface area contributed by atoms with Crippen LogP contribution in [0.3, 0.4) is 0 Å². The first-order valence-corrected chi connectivity index (χ1v) is 3.31. The van der Waals surface area contributed by atoms with Gasteiger partial charge in [0, 0.05) is 11.9 Å². The molecule has 0 spiro atoms. The Morgan fingerprint density at radius 3 is 2.60 bits per heavy atom. The molecule has 0 saturated heterocycles. The minimum Gasteiger partial charge on any atom is -0.389 e. The Bertz CT molecular complexity index is 203. The molecule has 0 amide bonds. The Morgan fingerprint density at radius 2 is 2.20 bits per heavy atom. The van der Waals surface area contributed by atoms with E-state index >= 15 is 0 Å². The van der Waals surface area contributed by atoms with E-state index in [9.17, 15) is 0 Å². The van der Waals surface area contributed by atoms with Gasteiger partial charge in [-0.05, 0) is 25.5 Å². The first-order chi connectivity index (χ1) is 4.70. The van der Waals surface area contributed by atoms with Crippen molar-refractivity contribution in [3.8, 4) is 0 Å². The second-order valence-corrected chi connectivity index (χ2v) is 2.41. The van der Waals surface area contributed by atoms with Crippen molar-refractivity contribution in [2.45, 2.75) is 20.0 Å². The summed E-state index contributed by atoms with van der Waals surface area (Å²) in [5, 5.41) is 9.07. The van der Waals surface area contributed by atoms with Crippen LogP contribution in [0.2, 0.25) is 0 Å². The minimum absolute atomic E-state index is 0.409. The standard InChI is InChI=1S/C8H11NO/c1-6-3-4-8(5-9-6)7(2)10/h3-5,7,10H,1-2H3/t7-/m0/s1. The lowest BCUT2D eigenvalue weighted by Gasteiger charge is -2.02. The van der Waals surface area contributed by atoms with E-state index in [4.69, 9.17) is 5.11 Å². The quantitative estimate of drug-likeness (QED) is 0.635. The summed E-state index contributed by atoms with van der Waals surface area (Å²) in [5.41, 5.74) is 1.84. The van der Waals surface area contributed by atoms with Gasteiger partial charge >= 0.3 is 0 Å². The van der Waals surface area contributed by atoms with Crippen molar-refractivity contribution in [1.82, 2.24) is 4.98 Å². The topological polar surface area (TPSA) is 33.1 Å². The summed E-state index contributed by atoms with van der Waals surface area (Å²) in [6, 6.07) is 3.77. The van der Waals surface area contributed by atoms with Crippen LogP contribution in [0.4, 0.5) is 0 Å². The van der Waals surface area contributed by atoms with Crippen molar-refractivity contribution in [3.63, 3.8) is 0 Å². The van der Waals surface area contributed by atoms with Gasteiger partial charge in [-0.1, -0.05) is 6.07 Å². The molecule has 0 radical (unpaired) electrons. The minimum atomic E-state index is -0.409. The van der Waals surface area contributed by atoms with Crippen molar-refractivity contribution >= 4 is 0 Å². The van der Waals surface area contributed by atoms with E-state index in [0.29, 0.717) is 0 Å². The Balaban J connectivity index is 2.89. The summed E-state index contributed by atoms with van der Waals surface area (Å²) in [5.74, 6) is 0. The molecule has 1 heterocycles. The van der Waals surface area contributed by atoms with Gasteiger partial charge in [0.05, 0.1) is 6.10 Å². The van der Waals surface area contributed by atoms with E-state index < -0.39 is 6.10 Å². The second-order valence-electron chi connectivity index (χ2n) is 2.41. The first kappa shape index (κ1) is 7.22. The molecule has 0 aliphatic carbocycles. The molecule has 54 valence electrons. The van der Waals surface area contributed by atoms with Crippen molar-refractivity contribution in [2.75, 3.05) is 0 Å². The molecule has 0 bridgehead atoms. The Labute approximate surface area is 60.5 Å². The number of hydrogen-bond acceptors (Lipinski definition) is 2. The lowest BCUT2D eigenvalue weighted by molar-refractivity contribution is 0.199. The zero-order valence-corrected chi connectivity index (χ0v) is 6.20. The van der Waals surface area contributed by atoms with E-state index in [2.05, 4.69) is 4.98 Å². The van der Waals surface area contributed by atoms with Crippen LogP contribution in [0.1, 0.15) is 24.3 Å². The van der Waals surface area contributed by atoms with Crippen molar-refractivity contribution in [3.05, 3.63) is 29.6 Å². The first-order valence-electron chi connectivity index (χ1n) is 3.31. The van der Waals surface area contributed by atoms with Gasteiger partial charge in [-0.2, -0.15) is 0 Å². The third-order valence-electron chi connectivity index (χ3n) is 1.42. The fourth-order valence-corrected chi connectivity index (χ4v) is 0.726. The van der Waals surface area contributed by atoms with Gasteiger partial charge < -0.3 is 5.11 Å². The number of aryl methyl sites for hydroxylation is 1. The molecule has 0 unspecified atom stereocenters.